The lowest BCUT2D eigenvalue weighted by Gasteiger charge is -2.14. The molecule has 24 heavy (non-hydrogen) atoms. The van der Waals surface area contributed by atoms with E-state index in [-0.39, 0.29) is 11.8 Å². The first-order valence-electron chi connectivity index (χ1n) is 8.29. The van der Waals surface area contributed by atoms with E-state index in [1.807, 2.05) is 31.2 Å². The standard InChI is InChI=1S/C18H20N2O2S2/c1-3-5-8-11-20-17(22)15(24-18(20)23)14-12-9-6-7-10-13(12)19(4-2)16(14)21/h6-7,9-10H,3-5,8,11H2,1-2H3. The van der Waals surface area contributed by atoms with E-state index in [0.717, 1.165) is 30.5 Å². The molecule has 0 aliphatic carbocycles. The summed E-state index contributed by atoms with van der Waals surface area (Å²) in [6.45, 7) is 5.27. The Kier molecular flexibility index (Phi) is 5.06. The molecule has 1 aromatic carbocycles. The van der Waals surface area contributed by atoms with Gasteiger partial charge in [0.15, 0.2) is 0 Å². The number of fused-ring (bicyclic) bond motifs is 1. The molecule has 6 heteroatoms. The van der Waals surface area contributed by atoms with Gasteiger partial charge in [0.25, 0.3) is 11.8 Å². The van der Waals surface area contributed by atoms with Gasteiger partial charge in [-0.25, -0.2) is 0 Å². The van der Waals surface area contributed by atoms with E-state index in [1.54, 1.807) is 9.80 Å². The summed E-state index contributed by atoms with van der Waals surface area (Å²) in [5.41, 5.74) is 2.21. The molecule has 1 aromatic rings. The van der Waals surface area contributed by atoms with Crippen molar-refractivity contribution in [1.29, 1.82) is 0 Å². The molecule has 2 aliphatic rings. The van der Waals surface area contributed by atoms with Crippen LogP contribution in [0, 0.1) is 0 Å². The number of hydrogen-bond acceptors (Lipinski definition) is 4. The number of nitrogens with zero attached hydrogens (tertiary/aromatic N) is 2. The second-order valence-corrected chi connectivity index (χ2v) is 7.45. The lowest BCUT2D eigenvalue weighted by atomic mass is 10.1. The molecule has 3 rings (SSSR count). The maximum absolute atomic E-state index is 12.8. The maximum atomic E-state index is 12.8. The van der Waals surface area contributed by atoms with Gasteiger partial charge in [-0.2, -0.15) is 0 Å². The first-order chi connectivity index (χ1) is 11.6. The number of thioether (sulfide) groups is 1. The quantitative estimate of drug-likeness (QED) is 0.455. The first kappa shape index (κ1) is 17.2. The van der Waals surface area contributed by atoms with Crippen molar-refractivity contribution < 1.29 is 9.59 Å². The molecular formula is C18H20N2O2S2. The van der Waals surface area contributed by atoms with Crippen molar-refractivity contribution in [2.45, 2.75) is 33.1 Å². The van der Waals surface area contributed by atoms with Crippen LogP contribution in [0.3, 0.4) is 0 Å². The number of hydrogen-bond donors (Lipinski definition) is 0. The molecule has 0 aromatic heterocycles. The summed E-state index contributed by atoms with van der Waals surface area (Å²) >= 11 is 6.64. The minimum atomic E-state index is -0.128. The van der Waals surface area contributed by atoms with Crippen LogP contribution >= 0.6 is 24.0 Å². The molecule has 0 N–H and O–H groups in total. The number of unbranched alkanes of at least 4 members (excludes halogenated alkanes) is 2. The Morgan fingerprint density at radius 3 is 2.50 bits per heavy atom. The average Bonchev–Trinajstić information content (AvgIpc) is 3.01. The van der Waals surface area contributed by atoms with Gasteiger partial charge in [0.1, 0.15) is 4.32 Å². The highest BCUT2D eigenvalue weighted by atomic mass is 32.2. The molecule has 4 nitrogen and oxygen atoms in total. The molecule has 0 spiro atoms. The minimum Gasteiger partial charge on any atom is -0.308 e. The number of carbonyl (C=O) groups excluding carboxylic acids is 2. The van der Waals surface area contributed by atoms with Gasteiger partial charge in [-0.1, -0.05) is 61.9 Å². The molecule has 0 saturated carbocycles. The Labute approximate surface area is 151 Å². The predicted molar refractivity (Wildman–Crippen MR) is 103 cm³/mol. The third kappa shape index (κ3) is 2.78. The second kappa shape index (κ2) is 7.07. The summed E-state index contributed by atoms with van der Waals surface area (Å²) in [4.78, 5) is 29.5. The van der Waals surface area contributed by atoms with Crippen molar-refractivity contribution in [2.24, 2.45) is 0 Å². The molecule has 0 atom stereocenters. The molecule has 0 bridgehead atoms. The number of likely N-dealkylation sites (N-methyl/N-ethyl adjacent to an activating group) is 1. The first-order valence-corrected chi connectivity index (χ1v) is 9.51. The van der Waals surface area contributed by atoms with Crippen LogP contribution in [0.25, 0.3) is 5.57 Å². The van der Waals surface area contributed by atoms with Crippen LogP contribution in [-0.4, -0.2) is 34.1 Å². The molecule has 1 saturated heterocycles. The Bertz CT molecular complexity index is 742. The minimum absolute atomic E-state index is 0.104. The highest BCUT2D eigenvalue weighted by Gasteiger charge is 2.41. The Morgan fingerprint density at radius 2 is 1.79 bits per heavy atom. The zero-order valence-corrected chi connectivity index (χ0v) is 15.5. The topological polar surface area (TPSA) is 40.6 Å². The summed E-state index contributed by atoms with van der Waals surface area (Å²) in [5, 5.41) is 0. The number of anilines is 1. The van der Waals surface area contributed by atoms with E-state index in [9.17, 15) is 9.59 Å². The van der Waals surface area contributed by atoms with Crippen molar-refractivity contribution >= 4 is 51.4 Å². The van der Waals surface area contributed by atoms with Gasteiger partial charge in [-0.3, -0.25) is 14.5 Å². The van der Waals surface area contributed by atoms with Gasteiger partial charge < -0.3 is 4.90 Å². The normalized spacial score (nSPS) is 20.3. The van der Waals surface area contributed by atoms with Crippen molar-refractivity contribution in [3.05, 3.63) is 34.7 Å². The van der Waals surface area contributed by atoms with Gasteiger partial charge in [-0.15, -0.1) is 0 Å². The van der Waals surface area contributed by atoms with Crippen LogP contribution in [0.1, 0.15) is 38.7 Å². The SMILES string of the molecule is CCCCCN1C(=O)C(=C2C(=O)N(CC)c3ccccc32)SC1=S. The van der Waals surface area contributed by atoms with Gasteiger partial charge >= 0.3 is 0 Å². The van der Waals surface area contributed by atoms with Crippen molar-refractivity contribution in [3.63, 3.8) is 0 Å². The zero-order chi connectivity index (χ0) is 17.3. The Balaban J connectivity index is 1.99. The predicted octanol–water partition coefficient (Wildman–Crippen LogP) is 3.81. The van der Waals surface area contributed by atoms with E-state index in [2.05, 4.69) is 6.92 Å². The number of thiocarbonyl (C=S) groups is 1. The van der Waals surface area contributed by atoms with Crippen LogP contribution in [-0.2, 0) is 9.59 Å². The molecule has 2 aliphatic heterocycles. The van der Waals surface area contributed by atoms with Crippen LogP contribution in [0.15, 0.2) is 29.2 Å². The number of amides is 2. The fourth-order valence-corrected chi connectivity index (χ4v) is 4.46. The number of benzene rings is 1. The van der Waals surface area contributed by atoms with Crippen LogP contribution in [0.2, 0.25) is 0 Å². The van der Waals surface area contributed by atoms with E-state index >= 15 is 0 Å². The van der Waals surface area contributed by atoms with Gasteiger partial charge in [0.2, 0.25) is 0 Å². The van der Waals surface area contributed by atoms with E-state index in [4.69, 9.17) is 12.2 Å². The summed E-state index contributed by atoms with van der Waals surface area (Å²) in [7, 11) is 0. The van der Waals surface area contributed by atoms with Crippen LogP contribution in [0.4, 0.5) is 5.69 Å². The average molecular weight is 361 g/mol. The summed E-state index contributed by atoms with van der Waals surface area (Å²) < 4.78 is 0.554. The largest absolute Gasteiger partial charge is 0.308 e. The molecule has 1 fully saturated rings. The third-order valence-corrected chi connectivity index (χ3v) is 5.75. The molecular weight excluding hydrogens is 340 g/mol. The zero-order valence-electron chi connectivity index (χ0n) is 13.9. The summed E-state index contributed by atoms with van der Waals surface area (Å²) in [5.74, 6) is -0.232. The molecule has 2 heterocycles. The molecule has 0 unspecified atom stereocenters. The van der Waals surface area contributed by atoms with E-state index in [0.29, 0.717) is 27.9 Å². The van der Waals surface area contributed by atoms with Crippen LogP contribution < -0.4 is 4.90 Å². The number of para-hydroxylation sites is 1. The van der Waals surface area contributed by atoms with E-state index < -0.39 is 0 Å². The maximum Gasteiger partial charge on any atom is 0.267 e. The third-order valence-electron chi connectivity index (χ3n) is 4.30. The second-order valence-electron chi connectivity index (χ2n) is 5.80. The van der Waals surface area contributed by atoms with Gasteiger partial charge in [-0.05, 0) is 19.4 Å². The van der Waals surface area contributed by atoms with Crippen molar-refractivity contribution in [3.8, 4) is 0 Å². The van der Waals surface area contributed by atoms with E-state index in [1.165, 1.54) is 11.8 Å². The van der Waals surface area contributed by atoms with Gasteiger partial charge in [0.05, 0.1) is 16.2 Å². The lowest BCUT2D eigenvalue weighted by Crippen LogP contribution is -2.30. The highest BCUT2D eigenvalue weighted by molar-refractivity contribution is 8.26. The van der Waals surface area contributed by atoms with Crippen molar-refractivity contribution in [2.75, 3.05) is 18.0 Å². The van der Waals surface area contributed by atoms with Gasteiger partial charge in [0, 0.05) is 18.7 Å². The fourth-order valence-electron chi connectivity index (χ4n) is 3.08. The number of rotatable bonds is 5. The summed E-state index contributed by atoms with van der Waals surface area (Å²) in [6, 6.07) is 7.63. The Morgan fingerprint density at radius 1 is 1.04 bits per heavy atom. The fraction of sp³-hybridized carbons (Fsp3) is 0.389. The molecule has 126 valence electrons. The monoisotopic (exact) mass is 360 g/mol. The smallest absolute Gasteiger partial charge is 0.267 e. The highest BCUT2D eigenvalue weighted by Crippen LogP contribution is 2.44. The lowest BCUT2D eigenvalue weighted by molar-refractivity contribution is -0.122. The molecule has 2 amide bonds. The van der Waals surface area contributed by atoms with Crippen LogP contribution in [0.5, 0.6) is 0 Å². The summed E-state index contributed by atoms with van der Waals surface area (Å²) in [6.07, 6.45) is 3.08. The molecule has 0 radical (unpaired) electrons. The number of carbonyl (C=O) groups is 2. The Hall–Kier alpha value is -1.66. The van der Waals surface area contributed by atoms with Crippen molar-refractivity contribution in [1.82, 2.24) is 4.90 Å².